The van der Waals surface area contributed by atoms with E-state index in [1.54, 1.807) is 0 Å². The summed E-state index contributed by atoms with van der Waals surface area (Å²) in [6, 6.07) is 17.3. The molecule has 1 amide bonds. The van der Waals surface area contributed by atoms with Crippen LogP contribution < -0.4 is 10.1 Å². The van der Waals surface area contributed by atoms with Crippen molar-refractivity contribution in [2.75, 3.05) is 11.9 Å². The largest absolute Gasteiger partial charge is 0.492 e. The number of benzene rings is 2. The first-order valence-corrected chi connectivity index (χ1v) is 9.65. The van der Waals surface area contributed by atoms with Crippen LogP contribution >= 0.6 is 11.8 Å². The summed E-state index contributed by atoms with van der Waals surface area (Å²) in [6.07, 6.45) is 0. The first-order chi connectivity index (χ1) is 13.1. The number of ether oxygens (including phenoxy) is 1. The van der Waals surface area contributed by atoms with Gasteiger partial charge in [-0.3, -0.25) is 9.36 Å². The third-order valence-electron chi connectivity index (χ3n) is 3.91. The number of anilines is 1. The molecule has 1 atom stereocenters. The van der Waals surface area contributed by atoms with E-state index in [0.717, 1.165) is 11.5 Å². The maximum Gasteiger partial charge on any atom is 0.237 e. The Hall–Kier alpha value is -2.80. The number of rotatable bonds is 7. The minimum absolute atomic E-state index is 0.118. The number of hydrogen-bond acceptors (Lipinski definition) is 5. The minimum Gasteiger partial charge on any atom is -0.492 e. The van der Waals surface area contributed by atoms with Gasteiger partial charge in [-0.2, -0.15) is 0 Å². The average molecular weight is 382 g/mol. The maximum atomic E-state index is 12.7. The van der Waals surface area contributed by atoms with Gasteiger partial charge in [0.1, 0.15) is 11.6 Å². The molecule has 7 heteroatoms. The highest BCUT2D eigenvalue weighted by atomic mass is 32.2. The van der Waals surface area contributed by atoms with E-state index < -0.39 is 0 Å². The number of amides is 1. The predicted octanol–water partition coefficient (Wildman–Crippen LogP) is 4.09. The molecule has 3 aromatic rings. The molecule has 0 fully saturated rings. The number of carbonyl (C=O) groups excluding carboxylic acids is 1. The summed E-state index contributed by atoms with van der Waals surface area (Å²) in [6.45, 7) is 6.20. The summed E-state index contributed by atoms with van der Waals surface area (Å²) in [7, 11) is 0. The Kier molecular flexibility index (Phi) is 6.13. The monoisotopic (exact) mass is 382 g/mol. The van der Waals surface area contributed by atoms with Crippen LogP contribution in [0.3, 0.4) is 0 Å². The van der Waals surface area contributed by atoms with Crippen molar-refractivity contribution in [2.24, 2.45) is 0 Å². The second kappa shape index (κ2) is 8.73. The molecule has 0 aliphatic heterocycles. The molecule has 0 aliphatic rings. The van der Waals surface area contributed by atoms with Gasteiger partial charge in [0.15, 0.2) is 5.16 Å². The van der Waals surface area contributed by atoms with E-state index in [-0.39, 0.29) is 11.2 Å². The van der Waals surface area contributed by atoms with Gasteiger partial charge in [-0.25, -0.2) is 0 Å². The normalized spacial score (nSPS) is 11.8. The van der Waals surface area contributed by atoms with E-state index >= 15 is 0 Å². The van der Waals surface area contributed by atoms with E-state index in [0.29, 0.717) is 23.2 Å². The van der Waals surface area contributed by atoms with Crippen molar-refractivity contribution in [3.05, 3.63) is 60.4 Å². The molecule has 0 aliphatic carbocycles. The van der Waals surface area contributed by atoms with Crippen LogP contribution in [0.5, 0.6) is 5.75 Å². The zero-order chi connectivity index (χ0) is 19.2. The number of nitrogens with zero attached hydrogens (tertiary/aromatic N) is 3. The predicted molar refractivity (Wildman–Crippen MR) is 108 cm³/mol. The first-order valence-electron chi connectivity index (χ1n) is 8.77. The maximum absolute atomic E-state index is 12.7. The molecule has 1 N–H and O–H groups in total. The van der Waals surface area contributed by atoms with E-state index in [9.17, 15) is 4.79 Å². The van der Waals surface area contributed by atoms with Gasteiger partial charge in [-0.05, 0) is 45.0 Å². The molecule has 0 saturated carbocycles. The summed E-state index contributed by atoms with van der Waals surface area (Å²) in [4.78, 5) is 12.7. The van der Waals surface area contributed by atoms with Crippen molar-refractivity contribution < 1.29 is 9.53 Å². The van der Waals surface area contributed by atoms with E-state index in [4.69, 9.17) is 4.74 Å². The molecule has 0 unspecified atom stereocenters. The van der Waals surface area contributed by atoms with Crippen molar-refractivity contribution in [3.8, 4) is 11.4 Å². The number of aromatic nitrogens is 3. The molecule has 2 aromatic carbocycles. The molecule has 140 valence electrons. The van der Waals surface area contributed by atoms with Gasteiger partial charge in [0, 0.05) is 5.69 Å². The van der Waals surface area contributed by atoms with Gasteiger partial charge in [0.05, 0.1) is 17.5 Å². The fraction of sp³-hybridized carbons (Fsp3) is 0.250. The highest BCUT2D eigenvalue weighted by Gasteiger charge is 2.20. The second-order valence-corrected chi connectivity index (χ2v) is 7.19. The SMILES string of the molecule is CCOc1ccccc1NC(=O)[C@@H](C)Sc1nnc(C)n1-c1ccccc1. The van der Waals surface area contributed by atoms with Crippen LogP contribution in [0.15, 0.2) is 59.8 Å². The zero-order valence-electron chi connectivity index (χ0n) is 15.5. The molecule has 1 heterocycles. The quantitative estimate of drug-likeness (QED) is 0.623. The molecule has 6 nitrogen and oxygen atoms in total. The van der Waals surface area contributed by atoms with Gasteiger partial charge < -0.3 is 10.1 Å². The van der Waals surface area contributed by atoms with Crippen LogP contribution in [0.2, 0.25) is 0 Å². The van der Waals surface area contributed by atoms with Crippen LogP contribution in [0.1, 0.15) is 19.7 Å². The Labute approximate surface area is 163 Å². The lowest BCUT2D eigenvalue weighted by molar-refractivity contribution is -0.115. The summed E-state index contributed by atoms with van der Waals surface area (Å²) in [5.74, 6) is 1.32. The Morgan fingerprint density at radius 3 is 2.59 bits per heavy atom. The van der Waals surface area contributed by atoms with Crippen LogP contribution in [-0.4, -0.2) is 32.5 Å². The van der Waals surface area contributed by atoms with E-state index in [2.05, 4.69) is 15.5 Å². The van der Waals surface area contributed by atoms with Crippen molar-refractivity contribution in [3.63, 3.8) is 0 Å². The van der Waals surface area contributed by atoms with Crippen LogP contribution in [0, 0.1) is 6.92 Å². The fourth-order valence-corrected chi connectivity index (χ4v) is 3.50. The lowest BCUT2D eigenvalue weighted by Crippen LogP contribution is -2.23. The minimum atomic E-state index is -0.356. The lowest BCUT2D eigenvalue weighted by Gasteiger charge is -2.15. The summed E-state index contributed by atoms with van der Waals surface area (Å²) in [5, 5.41) is 11.7. The van der Waals surface area contributed by atoms with E-state index in [1.165, 1.54) is 11.8 Å². The van der Waals surface area contributed by atoms with Crippen LogP contribution in [0.4, 0.5) is 5.69 Å². The van der Waals surface area contributed by atoms with Gasteiger partial charge in [-0.1, -0.05) is 42.1 Å². The molecule has 0 radical (unpaired) electrons. The Morgan fingerprint density at radius 1 is 1.15 bits per heavy atom. The summed E-state index contributed by atoms with van der Waals surface area (Å²) in [5.41, 5.74) is 1.63. The smallest absolute Gasteiger partial charge is 0.237 e. The molecule has 0 spiro atoms. The van der Waals surface area contributed by atoms with Crippen molar-refractivity contribution >= 4 is 23.4 Å². The molecule has 3 rings (SSSR count). The van der Waals surface area contributed by atoms with Gasteiger partial charge in [-0.15, -0.1) is 10.2 Å². The molecule has 1 aromatic heterocycles. The number of para-hydroxylation sites is 3. The second-order valence-electron chi connectivity index (χ2n) is 5.88. The van der Waals surface area contributed by atoms with Gasteiger partial charge in [0.2, 0.25) is 5.91 Å². The average Bonchev–Trinajstić information content (AvgIpc) is 3.04. The highest BCUT2D eigenvalue weighted by molar-refractivity contribution is 8.00. The molecular weight excluding hydrogens is 360 g/mol. The lowest BCUT2D eigenvalue weighted by atomic mass is 10.3. The Morgan fingerprint density at radius 2 is 1.85 bits per heavy atom. The third-order valence-corrected chi connectivity index (χ3v) is 4.95. The Balaban J connectivity index is 1.75. The van der Waals surface area contributed by atoms with Gasteiger partial charge in [0.25, 0.3) is 0 Å². The van der Waals surface area contributed by atoms with Crippen molar-refractivity contribution in [1.82, 2.24) is 14.8 Å². The molecular formula is C20H22N4O2S. The number of nitrogens with one attached hydrogen (secondary N) is 1. The number of aryl methyl sites for hydroxylation is 1. The van der Waals surface area contributed by atoms with Gasteiger partial charge >= 0.3 is 0 Å². The first kappa shape index (κ1) is 19.0. The number of hydrogen-bond donors (Lipinski definition) is 1. The topological polar surface area (TPSA) is 69.0 Å². The zero-order valence-corrected chi connectivity index (χ0v) is 16.4. The Bertz CT molecular complexity index is 911. The summed E-state index contributed by atoms with van der Waals surface area (Å²) >= 11 is 1.37. The number of thioether (sulfide) groups is 1. The standard InChI is InChI=1S/C20H22N4O2S/c1-4-26-18-13-9-8-12-17(18)21-19(25)14(2)27-20-23-22-15(3)24(20)16-10-6-5-7-11-16/h5-14H,4H2,1-3H3,(H,21,25)/t14-/m1/s1. The van der Waals surface area contributed by atoms with Crippen LogP contribution in [-0.2, 0) is 4.79 Å². The molecule has 0 bridgehead atoms. The molecule has 0 saturated heterocycles. The highest BCUT2D eigenvalue weighted by Crippen LogP contribution is 2.28. The van der Waals surface area contributed by atoms with Crippen LogP contribution in [0.25, 0.3) is 5.69 Å². The van der Waals surface area contributed by atoms with Crippen molar-refractivity contribution in [2.45, 2.75) is 31.2 Å². The third kappa shape index (κ3) is 4.49. The fourth-order valence-electron chi connectivity index (χ4n) is 2.59. The van der Waals surface area contributed by atoms with E-state index in [1.807, 2.05) is 79.9 Å². The molecule has 27 heavy (non-hydrogen) atoms. The van der Waals surface area contributed by atoms with Crippen molar-refractivity contribution in [1.29, 1.82) is 0 Å². The number of carbonyl (C=O) groups is 1. The summed E-state index contributed by atoms with van der Waals surface area (Å²) < 4.78 is 7.52.